The van der Waals surface area contributed by atoms with E-state index in [2.05, 4.69) is 0 Å². The molecule has 1 atom stereocenters. The Hall–Kier alpha value is -1.29. The van der Waals surface area contributed by atoms with Gasteiger partial charge < -0.3 is 14.4 Å². The number of carbonyl (C=O) groups is 1. The van der Waals surface area contributed by atoms with Gasteiger partial charge in [0, 0.05) is 18.4 Å². The van der Waals surface area contributed by atoms with Gasteiger partial charge in [-0.3, -0.25) is 0 Å². The molecule has 4 heteroatoms. The molecule has 0 amide bonds. The number of aromatic nitrogens is 1. The van der Waals surface area contributed by atoms with Gasteiger partial charge in [0.1, 0.15) is 0 Å². The number of esters is 1. The van der Waals surface area contributed by atoms with Gasteiger partial charge in [0.25, 0.3) is 0 Å². The first-order chi connectivity index (χ1) is 7.90. The lowest BCUT2D eigenvalue weighted by atomic mass is 10.0. The lowest BCUT2D eigenvalue weighted by molar-refractivity contribution is 0.0598. The number of aliphatic hydroxyl groups excluding tert-OH is 1. The van der Waals surface area contributed by atoms with E-state index in [1.807, 2.05) is 25.5 Å². The van der Waals surface area contributed by atoms with Gasteiger partial charge in [-0.1, -0.05) is 0 Å². The predicted octanol–water partition coefficient (Wildman–Crippen LogP) is 1.74. The molecule has 0 aromatic carbocycles. The number of carbonyl (C=O) groups excluding carboxylic acids is 1. The van der Waals surface area contributed by atoms with Crippen molar-refractivity contribution in [2.75, 3.05) is 7.11 Å². The van der Waals surface area contributed by atoms with Gasteiger partial charge in [0.15, 0.2) is 0 Å². The third kappa shape index (κ3) is 2.69. The highest BCUT2D eigenvalue weighted by Crippen LogP contribution is 2.23. The monoisotopic (exact) mass is 239 g/mol. The van der Waals surface area contributed by atoms with Crippen LogP contribution in [0.4, 0.5) is 0 Å². The molecule has 1 aromatic heterocycles. The van der Waals surface area contributed by atoms with E-state index in [4.69, 9.17) is 4.74 Å². The van der Waals surface area contributed by atoms with Crippen molar-refractivity contribution in [2.24, 2.45) is 7.05 Å². The van der Waals surface area contributed by atoms with Gasteiger partial charge in [-0.05, 0) is 39.2 Å². The molecule has 0 bridgehead atoms. The number of aliphatic hydroxyl groups is 1. The molecule has 96 valence electrons. The second-order valence-electron chi connectivity index (χ2n) is 4.46. The first kappa shape index (κ1) is 13.8. The van der Waals surface area contributed by atoms with Crippen molar-refractivity contribution in [1.82, 2.24) is 4.57 Å². The van der Waals surface area contributed by atoms with Gasteiger partial charge in [0.2, 0.25) is 0 Å². The fourth-order valence-corrected chi connectivity index (χ4v) is 2.05. The highest BCUT2D eigenvalue weighted by atomic mass is 16.5. The predicted molar refractivity (Wildman–Crippen MR) is 66.2 cm³/mol. The average Bonchev–Trinajstić information content (AvgIpc) is 2.50. The van der Waals surface area contributed by atoms with E-state index in [0.29, 0.717) is 18.4 Å². The molecule has 0 fully saturated rings. The molecular formula is C13H21NO3. The van der Waals surface area contributed by atoms with Gasteiger partial charge in [-0.15, -0.1) is 0 Å². The normalized spacial score (nSPS) is 12.6. The van der Waals surface area contributed by atoms with E-state index < -0.39 is 0 Å². The fourth-order valence-electron chi connectivity index (χ4n) is 2.05. The van der Waals surface area contributed by atoms with Crippen LogP contribution in [0, 0.1) is 13.8 Å². The molecule has 0 spiro atoms. The number of nitrogens with zero attached hydrogens (tertiary/aromatic N) is 1. The fraction of sp³-hybridized carbons (Fsp3) is 0.615. The number of hydrogen-bond donors (Lipinski definition) is 1. The maximum Gasteiger partial charge on any atom is 0.339 e. The molecule has 1 unspecified atom stereocenters. The maximum absolute atomic E-state index is 11.8. The minimum Gasteiger partial charge on any atom is -0.465 e. The van der Waals surface area contributed by atoms with E-state index in [9.17, 15) is 9.90 Å². The van der Waals surface area contributed by atoms with Crippen molar-refractivity contribution in [3.63, 3.8) is 0 Å². The second kappa shape index (κ2) is 5.36. The van der Waals surface area contributed by atoms with Crippen LogP contribution < -0.4 is 0 Å². The van der Waals surface area contributed by atoms with Crippen LogP contribution in [0.5, 0.6) is 0 Å². The first-order valence-electron chi connectivity index (χ1n) is 5.81. The minimum absolute atomic E-state index is 0.299. The molecule has 4 nitrogen and oxygen atoms in total. The van der Waals surface area contributed by atoms with Crippen molar-refractivity contribution < 1.29 is 14.6 Å². The summed E-state index contributed by atoms with van der Waals surface area (Å²) in [5.74, 6) is -0.299. The molecule has 1 aromatic rings. The smallest absolute Gasteiger partial charge is 0.339 e. The van der Waals surface area contributed by atoms with E-state index >= 15 is 0 Å². The zero-order valence-corrected chi connectivity index (χ0v) is 11.2. The summed E-state index contributed by atoms with van der Waals surface area (Å²) in [6.07, 6.45) is 0.976. The van der Waals surface area contributed by atoms with E-state index in [0.717, 1.165) is 17.0 Å². The third-order valence-electron chi connectivity index (χ3n) is 3.31. The first-order valence-corrected chi connectivity index (χ1v) is 5.81. The summed E-state index contributed by atoms with van der Waals surface area (Å²) in [4.78, 5) is 11.8. The van der Waals surface area contributed by atoms with Crippen LogP contribution in [0.1, 0.15) is 40.7 Å². The molecular weight excluding hydrogens is 218 g/mol. The lowest BCUT2D eigenvalue weighted by Gasteiger charge is -2.06. The van der Waals surface area contributed by atoms with Crippen LogP contribution in [-0.4, -0.2) is 28.9 Å². The summed E-state index contributed by atoms with van der Waals surface area (Å²) in [7, 11) is 3.32. The van der Waals surface area contributed by atoms with E-state index in [1.54, 1.807) is 6.92 Å². The van der Waals surface area contributed by atoms with Crippen molar-refractivity contribution in [3.8, 4) is 0 Å². The van der Waals surface area contributed by atoms with E-state index in [1.165, 1.54) is 7.11 Å². The average molecular weight is 239 g/mol. The second-order valence-corrected chi connectivity index (χ2v) is 4.46. The van der Waals surface area contributed by atoms with Crippen LogP contribution in [0.25, 0.3) is 0 Å². The Kier molecular flexibility index (Phi) is 4.34. The highest BCUT2D eigenvalue weighted by Gasteiger charge is 2.22. The van der Waals surface area contributed by atoms with Crippen LogP contribution in [-0.2, 0) is 18.2 Å². The SMILES string of the molecule is COC(=O)c1c(CCC(C)O)c(C)n(C)c1C. The minimum atomic E-state index is -0.361. The molecule has 0 saturated heterocycles. The summed E-state index contributed by atoms with van der Waals surface area (Å²) in [5.41, 5.74) is 3.60. The molecule has 0 aliphatic rings. The quantitative estimate of drug-likeness (QED) is 0.814. The molecule has 0 aliphatic carbocycles. The Balaban J connectivity index is 3.17. The molecule has 1 rings (SSSR count). The van der Waals surface area contributed by atoms with Crippen LogP contribution in [0.2, 0.25) is 0 Å². The van der Waals surface area contributed by atoms with Crippen molar-refractivity contribution in [3.05, 3.63) is 22.5 Å². The van der Waals surface area contributed by atoms with Gasteiger partial charge in [0.05, 0.1) is 18.8 Å². The summed E-state index contributed by atoms with van der Waals surface area (Å²) >= 11 is 0. The lowest BCUT2D eigenvalue weighted by Crippen LogP contribution is -2.08. The number of methoxy groups -OCH3 is 1. The Bertz CT molecular complexity index is 419. The maximum atomic E-state index is 11.8. The number of hydrogen-bond acceptors (Lipinski definition) is 3. The third-order valence-corrected chi connectivity index (χ3v) is 3.31. The zero-order valence-electron chi connectivity index (χ0n) is 11.2. The van der Waals surface area contributed by atoms with Crippen LogP contribution >= 0.6 is 0 Å². The number of ether oxygens (including phenoxy) is 1. The molecule has 1 heterocycles. The van der Waals surface area contributed by atoms with Crippen LogP contribution in [0.3, 0.4) is 0 Å². The Morgan fingerprint density at radius 3 is 2.47 bits per heavy atom. The topological polar surface area (TPSA) is 51.5 Å². The molecule has 1 N–H and O–H groups in total. The number of rotatable bonds is 4. The Labute approximate surface area is 102 Å². The van der Waals surface area contributed by atoms with Crippen molar-refractivity contribution >= 4 is 5.97 Å². The summed E-state index contributed by atoms with van der Waals surface area (Å²) in [5, 5.41) is 9.34. The van der Waals surface area contributed by atoms with Gasteiger partial charge in [-0.2, -0.15) is 0 Å². The summed E-state index contributed by atoms with van der Waals surface area (Å²) in [6, 6.07) is 0. The van der Waals surface area contributed by atoms with Crippen molar-refractivity contribution in [1.29, 1.82) is 0 Å². The Morgan fingerprint density at radius 1 is 1.41 bits per heavy atom. The van der Waals surface area contributed by atoms with Gasteiger partial charge >= 0.3 is 5.97 Å². The largest absolute Gasteiger partial charge is 0.465 e. The highest BCUT2D eigenvalue weighted by molar-refractivity contribution is 5.93. The summed E-state index contributed by atoms with van der Waals surface area (Å²) in [6.45, 7) is 5.64. The summed E-state index contributed by atoms with van der Waals surface area (Å²) < 4.78 is 6.81. The molecule has 0 saturated carbocycles. The van der Waals surface area contributed by atoms with Crippen molar-refractivity contribution in [2.45, 2.75) is 39.7 Å². The zero-order chi connectivity index (χ0) is 13.2. The van der Waals surface area contributed by atoms with Gasteiger partial charge in [-0.25, -0.2) is 4.79 Å². The van der Waals surface area contributed by atoms with Crippen LogP contribution in [0.15, 0.2) is 0 Å². The molecule has 0 radical (unpaired) electrons. The molecule has 0 aliphatic heterocycles. The molecule has 17 heavy (non-hydrogen) atoms. The van der Waals surface area contributed by atoms with E-state index in [-0.39, 0.29) is 12.1 Å². The standard InChI is InChI=1S/C13H21NO3/c1-8(15)6-7-11-9(2)14(4)10(3)12(11)13(16)17-5/h8,15H,6-7H2,1-5H3. The Morgan fingerprint density at radius 2 is 2.00 bits per heavy atom.